The molecule has 0 saturated heterocycles. The van der Waals surface area contributed by atoms with E-state index < -0.39 is 16.3 Å². The smallest absolute Gasteiger partial charge is 0.279 e. The second-order valence-electron chi connectivity index (χ2n) is 10.0. The molecule has 1 fully saturated rings. The molecule has 0 amide bonds. The van der Waals surface area contributed by atoms with Gasteiger partial charge in [-0.2, -0.15) is 17.4 Å². The van der Waals surface area contributed by atoms with Gasteiger partial charge in [0.1, 0.15) is 0 Å². The molecule has 7 nitrogen and oxygen atoms in total. The van der Waals surface area contributed by atoms with Crippen molar-refractivity contribution in [2.45, 2.75) is 76.5 Å². The fraction of sp³-hybridized carbons (Fsp3) is 0.577. The first-order chi connectivity index (χ1) is 16.2. The van der Waals surface area contributed by atoms with Crippen LogP contribution in [0.5, 0.6) is 0 Å². The van der Waals surface area contributed by atoms with Gasteiger partial charge in [-0.05, 0) is 69.9 Å². The lowest BCUT2D eigenvalue weighted by atomic mass is 9.82. The van der Waals surface area contributed by atoms with E-state index >= 15 is 0 Å². The molecule has 4 rings (SSSR count). The molecule has 0 radical (unpaired) electrons. The molecule has 1 aliphatic carbocycles. The summed E-state index contributed by atoms with van der Waals surface area (Å²) in [5.41, 5.74) is 4.20. The van der Waals surface area contributed by atoms with Crippen molar-refractivity contribution in [1.82, 2.24) is 13.6 Å². The van der Waals surface area contributed by atoms with Crippen LogP contribution in [0.4, 0.5) is 0 Å². The molecule has 0 unspecified atom stereocenters. The summed E-state index contributed by atoms with van der Waals surface area (Å²) in [5, 5.41) is 0. The summed E-state index contributed by atoms with van der Waals surface area (Å²) in [6.07, 6.45) is 5.48. The van der Waals surface area contributed by atoms with Crippen molar-refractivity contribution in [2.24, 2.45) is 0 Å². The third-order valence-electron chi connectivity index (χ3n) is 7.41. The Balaban J connectivity index is 1.47. The van der Waals surface area contributed by atoms with E-state index in [2.05, 4.69) is 35.9 Å². The van der Waals surface area contributed by atoms with E-state index in [0.717, 1.165) is 31.4 Å². The minimum Gasteiger partial charge on any atom is -0.376 e. The molecule has 186 valence electrons. The van der Waals surface area contributed by atoms with Crippen LogP contribution in [-0.4, -0.2) is 50.1 Å². The maximum absolute atomic E-state index is 13.1. The number of fused-ring (bicyclic) bond motifs is 1. The fourth-order valence-electron chi connectivity index (χ4n) is 5.20. The van der Waals surface area contributed by atoms with Gasteiger partial charge in [-0.1, -0.05) is 35.9 Å². The average molecular weight is 488 g/mol. The molecule has 1 aliphatic heterocycles. The lowest BCUT2D eigenvalue weighted by Crippen LogP contribution is -2.52. The topological polar surface area (TPSA) is 80.6 Å². The van der Waals surface area contributed by atoms with Crippen molar-refractivity contribution in [3.8, 4) is 0 Å². The summed E-state index contributed by atoms with van der Waals surface area (Å²) >= 11 is 0. The zero-order valence-electron chi connectivity index (χ0n) is 20.7. The molecule has 34 heavy (non-hydrogen) atoms. The second kappa shape index (κ2) is 10.3. The van der Waals surface area contributed by atoms with Crippen molar-refractivity contribution in [1.29, 1.82) is 0 Å². The van der Waals surface area contributed by atoms with Gasteiger partial charge >= 0.3 is 0 Å². The Hall–Kier alpha value is -2.00. The highest BCUT2D eigenvalue weighted by Gasteiger charge is 2.35. The molecule has 0 spiro atoms. The molecule has 1 aromatic carbocycles. The molecule has 1 saturated carbocycles. The number of nitrogens with zero attached hydrogens (tertiary/aromatic N) is 2. The lowest BCUT2D eigenvalue weighted by molar-refractivity contribution is -0.00177. The predicted molar refractivity (Wildman–Crippen MR) is 134 cm³/mol. The van der Waals surface area contributed by atoms with Gasteiger partial charge in [-0.15, -0.1) is 0 Å². The average Bonchev–Trinajstić information content (AvgIpc) is 2.81. The summed E-state index contributed by atoms with van der Waals surface area (Å²) in [6, 6.07) is 11.9. The van der Waals surface area contributed by atoms with Crippen LogP contribution in [0, 0.1) is 13.8 Å². The Labute approximate surface area is 203 Å². The monoisotopic (exact) mass is 487 g/mol. The van der Waals surface area contributed by atoms with E-state index in [0.29, 0.717) is 30.9 Å². The number of aromatic nitrogens is 1. The normalized spacial score (nSPS) is 25.3. The van der Waals surface area contributed by atoms with E-state index in [1.165, 1.54) is 29.5 Å². The van der Waals surface area contributed by atoms with E-state index in [-0.39, 0.29) is 17.7 Å². The van der Waals surface area contributed by atoms with E-state index in [1.54, 1.807) is 11.5 Å². The molecule has 2 aromatic rings. The van der Waals surface area contributed by atoms with Crippen molar-refractivity contribution in [2.75, 3.05) is 20.7 Å². The number of hydrogen-bond acceptors (Lipinski definition) is 4. The SMILES string of the molecule is Cc1ccc(C2CCC(OC[C@H]3[C@@H](NS(=O)(=O)N(C)C)CCc4ccc(C)c(=O)n43)CC2)cc1. The van der Waals surface area contributed by atoms with Crippen molar-refractivity contribution in [3.63, 3.8) is 0 Å². The van der Waals surface area contributed by atoms with Crippen molar-refractivity contribution in [3.05, 3.63) is 69.1 Å². The van der Waals surface area contributed by atoms with Crippen LogP contribution in [0.2, 0.25) is 0 Å². The van der Waals surface area contributed by atoms with Crippen LogP contribution >= 0.6 is 0 Å². The third kappa shape index (κ3) is 5.46. The van der Waals surface area contributed by atoms with Gasteiger partial charge in [0.25, 0.3) is 15.8 Å². The summed E-state index contributed by atoms with van der Waals surface area (Å²) in [7, 11) is -0.613. The zero-order valence-corrected chi connectivity index (χ0v) is 21.5. The Morgan fingerprint density at radius 2 is 1.68 bits per heavy atom. The molecule has 2 heterocycles. The standard InChI is InChI=1S/C26H37N3O4S/c1-18-5-8-20(9-6-18)21-10-14-23(15-11-21)33-17-25-24(27-34(31,32)28(3)4)16-13-22-12-7-19(2)26(30)29(22)25/h5-9,12,21,23-25,27H,10-11,13-17H2,1-4H3/t21?,23?,24-,25-/m0/s1. The molecule has 8 heteroatoms. The number of ether oxygens (including phenoxy) is 1. The van der Waals surface area contributed by atoms with Crippen LogP contribution in [0.15, 0.2) is 41.2 Å². The molecule has 0 bridgehead atoms. The van der Waals surface area contributed by atoms with Gasteiger partial charge in [0.05, 0.1) is 18.8 Å². The minimum absolute atomic E-state index is 0.0667. The third-order valence-corrected chi connectivity index (χ3v) is 8.97. The van der Waals surface area contributed by atoms with Crippen LogP contribution in [0.1, 0.15) is 66.4 Å². The number of benzene rings is 1. The first-order valence-corrected chi connectivity index (χ1v) is 13.7. The highest BCUT2D eigenvalue weighted by molar-refractivity contribution is 7.87. The zero-order chi connectivity index (χ0) is 24.5. The largest absolute Gasteiger partial charge is 0.376 e. The quantitative estimate of drug-likeness (QED) is 0.649. The van der Waals surface area contributed by atoms with Crippen molar-refractivity contribution < 1.29 is 13.2 Å². The first-order valence-electron chi connectivity index (χ1n) is 12.2. The maximum Gasteiger partial charge on any atom is 0.279 e. The number of rotatable bonds is 7. The summed E-state index contributed by atoms with van der Waals surface area (Å²) in [6.45, 7) is 4.22. The Bertz CT molecular complexity index is 1150. The number of nitrogens with one attached hydrogen (secondary N) is 1. The maximum atomic E-state index is 13.1. The molecule has 1 aromatic heterocycles. The fourth-order valence-corrected chi connectivity index (χ4v) is 6.07. The lowest BCUT2D eigenvalue weighted by Gasteiger charge is -2.37. The van der Waals surface area contributed by atoms with Gasteiger partial charge in [0, 0.05) is 31.4 Å². The molecular weight excluding hydrogens is 450 g/mol. The molecule has 2 aliphatic rings. The van der Waals surface area contributed by atoms with Crippen LogP contribution < -0.4 is 10.3 Å². The van der Waals surface area contributed by atoms with Gasteiger partial charge in [0.2, 0.25) is 0 Å². The Morgan fingerprint density at radius 1 is 1.00 bits per heavy atom. The molecule has 2 atom stereocenters. The van der Waals surface area contributed by atoms with Crippen LogP contribution in [-0.2, 0) is 21.4 Å². The van der Waals surface area contributed by atoms with Gasteiger partial charge < -0.3 is 9.30 Å². The van der Waals surface area contributed by atoms with E-state index in [9.17, 15) is 13.2 Å². The van der Waals surface area contributed by atoms with E-state index in [4.69, 9.17) is 4.74 Å². The number of aryl methyl sites for hydroxylation is 3. The highest BCUT2D eigenvalue weighted by atomic mass is 32.2. The predicted octanol–water partition coefficient (Wildman–Crippen LogP) is 3.46. The van der Waals surface area contributed by atoms with E-state index in [1.807, 2.05) is 12.1 Å². The summed E-state index contributed by atoms with van der Waals surface area (Å²) in [4.78, 5) is 13.1. The summed E-state index contributed by atoms with van der Waals surface area (Å²) < 4.78 is 37.3. The van der Waals surface area contributed by atoms with Crippen LogP contribution in [0.3, 0.4) is 0 Å². The van der Waals surface area contributed by atoms with Crippen LogP contribution in [0.25, 0.3) is 0 Å². The highest BCUT2D eigenvalue weighted by Crippen LogP contribution is 2.35. The minimum atomic E-state index is -3.63. The van der Waals surface area contributed by atoms with Crippen molar-refractivity contribution >= 4 is 10.2 Å². The summed E-state index contributed by atoms with van der Waals surface area (Å²) in [5.74, 6) is 0.556. The molecular formula is C26H37N3O4S. The van der Waals surface area contributed by atoms with Gasteiger partial charge in [0.15, 0.2) is 0 Å². The Kier molecular flexibility index (Phi) is 7.62. The van der Waals surface area contributed by atoms with Gasteiger partial charge in [-0.25, -0.2) is 0 Å². The first kappa shape index (κ1) is 25.1. The molecule has 1 N–H and O–H groups in total. The van der Waals surface area contributed by atoms with Gasteiger partial charge in [-0.3, -0.25) is 4.79 Å². The Morgan fingerprint density at radius 3 is 2.32 bits per heavy atom. The number of hydrogen-bond donors (Lipinski definition) is 1. The second-order valence-corrected chi connectivity index (χ2v) is 11.9. The number of pyridine rings is 1.